The van der Waals surface area contributed by atoms with Crippen LogP contribution < -0.4 is 5.73 Å². The summed E-state index contributed by atoms with van der Waals surface area (Å²) in [5, 5.41) is 6.37. The van der Waals surface area contributed by atoms with E-state index in [1.54, 1.807) is 6.07 Å². The SMILES string of the molecule is Nc1n[nH]c(-c2ccc(F)cc2I)n1. The minimum atomic E-state index is -0.273. The zero-order chi connectivity index (χ0) is 10.1. The number of nitrogen functional groups attached to an aromatic ring is 1. The second-order valence-electron chi connectivity index (χ2n) is 2.67. The fourth-order valence-electron chi connectivity index (χ4n) is 1.08. The number of nitrogens with two attached hydrogens (primary N) is 1. The fraction of sp³-hybridized carbons (Fsp3) is 0. The summed E-state index contributed by atoms with van der Waals surface area (Å²) in [5.41, 5.74) is 6.15. The maximum Gasteiger partial charge on any atom is 0.239 e. The maximum absolute atomic E-state index is 12.8. The van der Waals surface area contributed by atoms with Gasteiger partial charge in [0.2, 0.25) is 5.95 Å². The Balaban J connectivity index is 2.52. The number of hydrogen-bond acceptors (Lipinski definition) is 3. The number of H-pyrrole nitrogens is 1. The molecule has 0 radical (unpaired) electrons. The minimum absolute atomic E-state index is 0.181. The summed E-state index contributed by atoms with van der Waals surface area (Å²) in [6, 6.07) is 4.43. The van der Waals surface area contributed by atoms with E-state index in [4.69, 9.17) is 5.73 Å². The number of rotatable bonds is 1. The van der Waals surface area contributed by atoms with Crippen LogP contribution in [0.15, 0.2) is 18.2 Å². The van der Waals surface area contributed by atoms with Crippen molar-refractivity contribution in [3.8, 4) is 11.4 Å². The zero-order valence-electron chi connectivity index (χ0n) is 6.96. The molecule has 72 valence electrons. The van der Waals surface area contributed by atoms with Crippen LogP contribution in [0.4, 0.5) is 10.3 Å². The number of benzene rings is 1. The van der Waals surface area contributed by atoms with Crippen molar-refractivity contribution in [3.05, 3.63) is 27.6 Å². The summed E-state index contributed by atoms with van der Waals surface area (Å²) in [5.74, 6) is 0.456. The molecule has 0 fully saturated rings. The second kappa shape index (κ2) is 3.52. The monoisotopic (exact) mass is 304 g/mol. The van der Waals surface area contributed by atoms with E-state index < -0.39 is 0 Å². The van der Waals surface area contributed by atoms with Gasteiger partial charge in [0.1, 0.15) is 5.82 Å². The standard InChI is InChI=1S/C8H6FIN4/c9-4-1-2-5(6(10)3-4)7-12-8(11)14-13-7/h1-3H,(H3,11,12,13,14). The highest BCUT2D eigenvalue weighted by Crippen LogP contribution is 2.22. The van der Waals surface area contributed by atoms with Gasteiger partial charge >= 0.3 is 0 Å². The molecule has 0 aliphatic carbocycles. The molecule has 3 N–H and O–H groups in total. The summed E-state index contributed by atoms with van der Waals surface area (Å²) >= 11 is 2.03. The van der Waals surface area contributed by atoms with Gasteiger partial charge in [-0.15, -0.1) is 5.10 Å². The highest BCUT2D eigenvalue weighted by Gasteiger charge is 2.07. The van der Waals surface area contributed by atoms with E-state index in [0.717, 1.165) is 9.13 Å². The second-order valence-corrected chi connectivity index (χ2v) is 3.83. The first kappa shape index (κ1) is 9.38. The van der Waals surface area contributed by atoms with Crippen molar-refractivity contribution in [2.45, 2.75) is 0 Å². The van der Waals surface area contributed by atoms with Gasteiger partial charge in [0.05, 0.1) is 0 Å². The quantitative estimate of drug-likeness (QED) is 0.789. The van der Waals surface area contributed by atoms with Crippen molar-refractivity contribution in [2.75, 3.05) is 5.73 Å². The number of aromatic amines is 1. The van der Waals surface area contributed by atoms with E-state index in [1.165, 1.54) is 12.1 Å². The molecule has 1 aromatic carbocycles. The Morgan fingerprint density at radius 1 is 1.43 bits per heavy atom. The van der Waals surface area contributed by atoms with Crippen LogP contribution in [-0.4, -0.2) is 15.2 Å². The van der Waals surface area contributed by atoms with Gasteiger partial charge in [-0.1, -0.05) is 0 Å². The Labute approximate surface area is 92.9 Å². The van der Waals surface area contributed by atoms with E-state index in [-0.39, 0.29) is 11.8 Å². The molecule has 2 rings (SSSR count). The number of nitrogens with one attached hydrogen (secondary N) is 1. The minimum Gasteiger partial charge on any atom is -0.366 e. The summed E-state index contributed by atoms with van der Waals surface area (Å²) in [7, 11) is 0. The molecule has 0 amide bonds. The van der Waals surface area contributed by atoms with Crippen LogP contribution in [0.2, 0.25) is 0 Å². The molecule has 0 spiro atoms. The topological polar surface area (TPSA) is 67.6 Å². The summed E-state index contributed by atoms with van der Waals surface area (Å²) < 4.78 is 13.6. The van der Waals surface area contributed by atoms with Gasteiger partial charge in [-0.3, -0.25) is 5.10 Å². The number of hydrogen-bond donors (Lipinski definition) is 2. The van der Waals surface area contributed by atoms with Gasteiger partial charge in [0, 0.05) is 9.13 Å². The van der Waals surface area contributed by atoms with E-state index in [1.807, 2.05) is 22.6 Å². The Morgan fingerprint density at radius 2 is 2.21 bits per heavy atom. The number of aromatic nitrogens is 3. The lowest BCUT2D eigenvalue weighted by atomic mass is 10.2. The van der Waals surface area contributed by atoms with Crippen LogP contribution in [0.5, 0.6) is 0 Å². The lowest BCUT2D eigenvalue weighted by molar-refractivity contribution is 0.627. The van der Waals surface area contributed by atoms with Crippen molar-refractivity contribution >= 4 is 28.5 Å². The molecular weight excluding hydrogens is 298 g/mol. The average molecular weight is 304 g/mol. The van der Waals surface area contributed by atoms with Crippen molar-refractivity contribution in [3.63, 3.8) is 0 Å². The lowest BCUT2D eigenvalue weighted by Crippen LogP contribution is -1.88. The van der Waals surface area contributed by atoms with Crippen molar-refractivity contribution in [1.82, 2.24) is 15.2 Å². The van der Waals surface area contributed by atoms with E-state index in [0.29, 0.717) is 5.82 Å². The average Bonchev–Trinajstić information content (AvgIpc) is 2.51. The van der Waals surface area contributed by atoms with Crippen molar-refractivity contribution < 1.29 is 4.39 Å². The molecule has 0 bridgehead atoms. The molecule has 2 aromatic rings. The van der Waals surface area contributed by atoms with Crippen LogP contribution in [0.3, 0.4) is 0 Å². The first-order valence-electron chi connectivity index (χ1n) is 3.80. The van der Waals surface area contributed by atoms with Gasteiger partial charge in [0.15, 0.2) is 5.82 Å². The number of anilines is 1. The van der Waals surface area contributed by atoms with Crippen molar-refractivity contribution in [2.24, 2.45) is 0 Å². The van der Waals surface area contributed by atoms with E-state index in [2.05, 4.69) is 15.2 Å². The van der Waals surface area contributed by atoms with Gasteiger partial charge in [-0.2, -0.15) is 4.98 Å². The summed E-state index contributed by atoms with van der Waals surface area (Å²) in [4.78, 5) is 3.96. The Morgan fingerprint density at radius 3 is 2.79 bits per heavy atom. The highest BCUT2D eigenvalue weighted by atomic mass is 127. The van der Waals surface area contributed by atoms with E-state index in [9.17, 15) is 4.39 Å². The Kier molecular flexibility index (Phi) is 2.36. The molecule has 14 heavy (non-hydrogen) atoms. The maximum atomic E-state index is 12.8. The summed E-state index contributed by atoms with van der Waals surface area (Å²) in [6.45, 7) is 0. The largest absolute Gasteiger partial charge is 0.366 e. The zero-order valence-corrected chi connectivity index (χ0v) is 9.12. The third kappa shape index (κ3) is 1.69. The molecule has 0 unspecified atom stereocenters. The third-order valence-corrected chi connectivity index (χ3v) is 2.58. The van der Waals surface area contributed by atoms with E-state index >= 15 is 0 Å². The normalized spacial score (nSPS) is 10.4. The van der Waals surface area contributed by atoms with Gasteiger partial charge in [-0.25, -0.2) is 4.39 Å². The van der Waals surface area contributed by atoms with Crippen molar-refractivity contribution in [1.29, 1.82) is 0 Å². The predicted octanol–water partition coefficient (Wildman–Crippen LogP) is 1.80. The van der Waals surface area contributed by atoms with Crippen LogP contribution in [-0.2, 0) is 0 Å². The molecule has 0 aliphatic rings. The smallest absolute Gasteiger partial charge is 0.239 e. The Bertz CT molecular complexity index is 468. The number of halogens is 2. The molecule has 1 aromatic heterocycles. The molecular formula is C8H6FIN4. The molecule has 0 saturated carbocycles. The highest BCUT2D eigenvalue weighted by molar-refractivity contribution is 14.1. The molecule has 1 heterocycles. The van der Waals surface area contributed by atoms with Crippen LogP contribution in [0, 0.1) is 9.39 Å². The fourth-order valence-corrected chi connectivity index (χ4v) is 1.81. The van der Waals surface area contributed by atoms with Crippen LogP contribution in [0.25, 0.3) is 11.4 Å². The Hall–Kier alpha value is -1.18. The molecule has 4 nitrogen and oxygen atoms in total. The predicted molar refractivity (Wildman–Crippen MR) is 58.9 cm³/mol. The molecule has 0 saturated heterocycles. The first-order chi connectivity index (χ1) is 6.66. The molecule has 0 aliphatic heterocycles. The third-order valence-electron chi connectivity index (χ3n) is 1.69. The summed E-state index contributed by atoms with van der Waals surface area (Å²) in [6.07, 6.45) is 0. The van der Waals surface area contributed by atoms with Gasteiger partial charge < -0.3 is 5.73 Å². The molecule has 0 atom stereocenters. The van der Waals surface area contributed by atoms with Crippen LogP contribution in [0.1, 0.15) is 0 Å². The van der Waals surface area contributed by atoms with Gasteiger partial charge in [0.25, 0.3) is 0 Å². The molecule has 6 heteroatoms. The number of nitrogens with zero attached hydrogens (tertiary/aromatic N) is 2. The van der Waals surface area contributed by atoms with Gasteiger partial charge in [-0.05, 0) is 40.8 Å². The first-order valence-corrected chi connectivity index (χ1v) is 4.88. The lowest BCUT2D eigenvalue weighted by Gasteiger charge is -1.99. The van der Waals surface area contributed by atoms with Crippen LogP contribution >= 0.6 is 22.6 Å².